The number of fused-ring (bicyclic) bond motifs is 1. The molecule has 2 rings (SSSR count). The van der Waals surface area contributed by atoms with E-state index in [2.05, 4.69) is 0 Å². The van der Waals surface area contributed by atoms with Crippen molar-refractivity contribution in [2.24, 2.45) is 0 Å². The third-order valence-corrected chi connectivity index (χ3v) is 1.88. The van der Waals surface area contributed by atoms with Gasteiger partial charge < -0.3 is 9.84 Å². The SMILES string of the molecule is CC(C)c1c(O)ccc2c1O2. The fourth-order valence-electron chi connectivity index (χ4n) is 1.30. The van der Waals surface area contributed by atoms with E-state index in [1.807, 2.05) is 13.8 Å². The second kappa shape index (κ2) is 1.91. The first-order valence-corrected chi connectivity index (χ1v) is 3.74. The van der Waals surface area contributed by atoms with E-state index < -0.39 is 0 Å². The Balaban J connectivity index is 2.55. The van der Waals surface area contributed by atoms with Crippen LogP contribution in [0.25, 0.3) is 0 Å². The molecule has 58 valence electrons. The Kier molecular flexibility index (Phi) is 1.13. The van der Waals surface area contributed by atoms with Gasteiger partial charge in [-0.3, -0.25) is 0 Å². The number of hydrogen-bond acceptors (Lipinski definition) is 2. The average molecular weight is 150 g/mol. The average Bonchev–Trinajstić information content (AvgIpc) is 2.64. The van der Waals surface area contributed by atoms with E-state index in [4.69, 9.17) is 4.74 Å². The number of benzene rings is 1. The topological polar surface area (TPSA) is 32.8 Å². The summed E-state index contributed by atoms with van der Waals surface area (Å²) >= 11 is 0. The van der Waals surface area contributed by atoms with Gasteiger partial charge in [0.15, 0.2) is 11.5 Å². The molecular weight excluding hydrogens is 140 g/mol. The molecule has 0 unspecified atom stereocenters. The predicted molar refractivity (Wildman–Crippen MR) is 42.3 cm³/mol. The van der Waals surface area contributed by atoms with E-state index in [0.29, 0.717) is 11.7 Å². The lowest BCUT2D eigenvalue weighted by Gasteiger charge is -2.03. The molecule has 0 bridgehead atoms. The molecule has 0 aromatic heterocycles. The van der Waals surface area contributed by atoms with Gasteiger partial charge in [-0.25, -0.2) is 0 Å². The van der Waals surface area contributed by atoms with Crippen LogP contribution in [0.3, 0.4) is 0 Å². The molecule has 0 saturated heterocycles. The zero-order chi connectivity index (χ0) is 8.01. The van der Waals surface area contributed by atoms with Gasteiger partial charge in [-0.2, -0.15) is 0 Å². The number of phenols is 1. The van der Waals surface area contributed by atoms with Crippen molar-refractivity contribution in [2.75, 3.05) is 0 Å². The van der Waals surface area contributed by atoms with Crippen molar-refractivity contribution >= 4 is 0 Å². The third-order valence-electron chi connectivity index (χ3n) is 1.88. The largest absolute Gasteiger partial charge is 0.508 e. The van der Waals surface area contributed by atoms with Crippen LogP contribution in [-0.4, -0.2) is 5.11 Å². The lowest BCUT2D eigenvalue weighted by Crippen LogP contribution is -1.84. The molecule has 0 fully saturated rings. The molecule has 1 aliphatic rings. The van der Waals surface area contributed by atoms with Crippen LogP contribution in [0.2, 0.25) is 0 Å². The van der Waals surface area contributed by atoms with E-state index in [0.717, 1.165) is 17.1 Å². The number of hydrogen-bond donors (Lipinski definition) is 1. The van der Waals surface area contributed by atoms with E-state index >= 15 is 0 Å². The molecule has 1 heterocycles. The minimum atomic E-state index is 0.326. The minimum Gasteiger partial charge on any atom is -0.508 e. The molecular formula is C9H10O2. The Morgan fingerprint density at radius 3 is 2.64 bits per heavy atom. The van der Waals surface area contributed by atoms with Crippen molar-refractivity contribution in [2.45, 2.75) is 19.8 Å². The van der Waals surface area contributed by atoms with Crippen molar-refractivity contribution in [1.82, 2.24) is 0 Å². The van der Waals surface area contributed by atoms with Gasteiger partial charge in [0.05, 0.1) is 0 Å². The van der Waals surface area contributed by atoms with E-state index in [1.54, 1.807) is 12.1 Å². The highest BCUT2D eigenvalue weighted by Gasteiger charge is 2.28. The first-order valence-electron chi connectivity index (χ1n) is 3.74. The van der Waals surface area contributed by atoms with Crippen LogP contribution in [0, 0.1) is 0 Å². The molecule has 0 amide bonds. The molecule has 0 aliphatic carbocycles. The molecule has 1 aromatic carbocycles. The first-order chi connectivity index (χ1) is 5.20. The quantitative estimate of drug-likeness (QED) is 0.634. The number of ether oxygens (including phenoxy) is 1. The van der Waals surface area contributed by atoms with Gasteiger partial charge in [-0.15, -0.1) is 0 Å². The lowest BCUT2D eigenvalue weighted by molar-refractivity contribution is 0.464. The Hall–Kier alpha value is -1.18. The number of rotatable bonds is 1. The van der Waals surface area contributed by atoms with Crippen molar-refractivity contribution in [1.29, 1.82) is 0 Å². The summed E-state index contributed by atoms with van der Waals surface area (Å²) in [6, 6.07) is 3.47. The Morgan fingerprint density at radius 1 is 1.36 bits per heavy atom. The molecule has 11 heavy (non-hydrogen) atoms. The molecule has 1 aromatic rings. The molecule has 1 aliphatic heterocycles. The highest BCUT2D eigenvalue weighted by Crippen LogP contribution is 2.53. The summed E-state index contributed by atoms with van der Waals surface area (Å²) in [4.78, 5) is 0. The van der Waals surface area contributed by atoms with Gasteiger partial charge in [0.2, 0.25) is 0 Å². The van der Waals surface area contributed by atoms with Crippen LogP contribution in [0.4, 0.5) is 0 Å². The van der Waals surface area contributed by atoms with Gasteiger partial charge in [0.1, 0.15) is 5.75 Å². The van der Waals surface area contributed by atoms with Crippen LogP contribution in [0.15, 0.2) is 12.1 Å². The summed E-state index contributed by atoms with van der Waals surface area (Å²) in [5.41, 5.74) is 0.933. The molecule has 0 atom stereocenters. The second-order valence-corrected chi connectivity index (χ2v) is 3.08. The predicted octanol–water partition coefficient (Wildman–Crippen LogP) is 2.62. The maximum absolute atomic E-state index is 9.42. The van der Waals surface area contributed by atoms with Crippen molar-refractivity contribution in [3.05, 3.63) is 17.7 Å². The van der Waals surface area contributed by atoms with Gasteiger partial charge in [-0.05, 0) is 18.1 Å². The summed E-state index contributed by atoms with van der Waals surface area (Å²) in [5.74, 6) is 2.45. The summed E-state index contributed by atoms with van der Waals surface area (Å²) < 4.78 is 5.15. The number of aromatic hydroxyl groups is 1. The zero-order valence-electron chi connectivity index (χ0n) is 6.59. The van der Waals surface area contributed by atoms with E-state index in [1.165, 1.54) is 0 Å². The minimum absolute atomic E-state index is 0.326. The summed E-state index contributed by atoms with van der Waals surface area (Å²) in [7, 11) is 0. The fourth-order valence-corrected chi connectivity index (χ4v) is 1.30. The van der Waals surface area contributed by atoms with Gasteiger partial charge in [-0.1, -0.05) is 13.8 Å². The summed E-state index contributed by atoms with van der Waals surface area (Å²) in [5, 5.41) is 9.42. The highest BCUT2D eigenvalue weighted by molar-refractivity contribution is 5.64. The third kappa shape index (κ3) is 0.862. The monoisotopic (exact) mass is 150 g/mol. The number of phenolic OH excluding ortho intramolecular Hbond substituents is 1. The van der Waals surface area contributed by atoms with E-state index in [-0.39, 0.29) is 0 Å². The maximum Gasteiger partial charge on any atom is 0.177 e. The van der Waals surface area contributed by atoms with Crippen molar-refractivity contribution < 1.29 is 9.84 Å². The second-order valence-electron chi connectivity index (χ2n) is 3.08. The summed E-state index contributed by atoms with van der Waals surface area (Å²) in [6.07, 6.45) is 0. The summed E-state index contributed by atoms with van der Waals surface area (Å²) in [6.45, 7) is 4.08. The van der Waals surface area contributed by atoms with Crippen molar-refractivity contribution in [3.8, 4) is 17.2 Å². The Bertz CT molecular complexity index is 299. The highest BCUT2D eigenvalue weighted by atomic mass is 16.6. The lowest BCUT2D eigenvalue weighted by atomic mass is 10.0. The standard InChI is InChI=1S/C9H10O2/c1-5(2)8-6(10)3-4-7-9(8)11-7/h3-5,10H,1-2H3. The molecule has 2 nitrogen and oxygen atoms in total. The molecule has 2 heteroatoms. The fraction of sp³-hybridized carbons (Fsp3) is 0.333. The van der Waals surface area contributed by atoms with Gasteiger partial charge in [0, 0.05) is 5.56 Å². The van der Waals surface area contributed by atoms with Crippen LogP contribution in [0.5, 0.6) is 17.2 Å². The smallest absolute Gasteiger partial charge is 0.177 e. The maximum atomic E-state index is 9.42. The normalized spacial score (nSPS) is 12.6. The molecule has 0 saturated carbocycles. The van der Waals surface area contributed by atoms with Gasteiger partial charge in [0.25, 0.3) is 0 Å². The Morgan fingerprint density at radius 2 is 2.09 bits per heavy atom. The molecule has 0 radical (unpaired) electrons. The molecule has 1 N–H and O–H groups in total. The van der Waals surface area contributed by atoms with Crippen LogP contribution < -0.4 is 4.74 Å². The molecule has 0 spiro atoms. The van der Waals surface area contributed by atoms with Crippen LogP contribution in [-0.2, 0) is 0 Å². The van der Waals surface area contributed by atoms with Crippen LogP contribution in [0.1, 0.15) is 25.3 Å². The van der Waals surface area contributed by atoms with Crippen molar-refractivity contribution in [3.63, 3.8) is 0 Å². The first kappa shape index (κ1) is 6.53. The van der Waals surface area contributed by atoms with E-state index in [9.17, 15) is 5.11 Å². The van der Waals surface area contributed by atoms with Gasteiger partial charge >= 0.3 is 0 Å². The Labute approximate surface area is 65.4 Å². The van der Waals surface area contributed by atoms with Crippen LogP contribution >= 0.6 is 0 Å². The zero-order valence-corrected chi connectivity index (χ0v) is 6.59.